The summed E-state index contributed by atoms with van der Waals surface area (Å²) in [6, 6.07) is 3.19. The highest BCUT2D eigenvalue weighted by Gasteiger charge is 2.29. The Morgan fingerprint density at radius 2 is 1.91 bits per heavy atom. The molecular weight excluding hydrogens is 286 g/mol. The number of piperidine rings is 1. The monoisotopic (exact) mass is 310 g/mol. The lowest BCUT2D eigenvalue weighted by atomic mass is 10.1. The maximum Gasteiger partial charge on any atom is 0.167 e. The van der Waals surface area contributed by atoms with E-state index in [1.165, 1.54) is 45.5 Å². The molecule has 0 spiro atoms. The molecule has 0 aliphatic carbocycles. The van der Waals surface area contributed by atoms with Crippen LogP contribution < -0.4 is 4.74 Å². The van der Waals surface area contributed by atoms with E-state index in [-0.39, 0.29) is 0 Å². The minimum Gasteiger partial charge on any atom is -0.496 e. The molecule has 122 valence electrons. The smallest absolute Gasteiger partial charge is 0.167 e. The Hall–Kier alpha value is -1.20. The number of hydrogen-bond donors (Lipinski definition) is 0. The molecular formula is C17H24F2N2O. The Kier molecular flexibility index (Phi) is 4.93. The summed E-state index contributed by atoms with van der Waals surface area (Å²) in [7, 11) is 1.50. The molecule has 2 aliphatic rings. The first-order valence-electron chi connectivity index (χ1n) is 8.16. The summed E-state index contributed by atoms with van der Waals surface area (Å²) in [6.07, 6.45) is 5.00. The molecule has 2 saturated heterocycles. The van der Waals surface area contributed by atoms with E-state index in [2.05, 4.69) is 9.80 Å². The molecule has 1 aromatic carbocycles. The van der Waals surface area contributed by atoms with E-state index in [0.717, 1.165) is 25.6 Å². The third kappa shape index (κ3) is 3.25. The molecule has 5 heteroatoms. The van der Waals surface area contributed by atoms with Gasteiger partial charge < -0.3 is 4.74 Å². The Bertz CT molecular complexity index is 518. The summed E-state index contributed by atoms with van der Waals surface area (Å²) < 4.78 is 32.7. The molecule has 0 N–H and O–H groups in total. The first kappa shape index (κ1) is 15.7. The highest BCUT2D eigenvalue weighted by atomic mass is 19.2. The van der Waals surface area contributed by atoms with Crippen LogP contribution in [0.5, 0.6) is 5.75 Å². The van der Waals surface area contributed by atoms with Crippen molar-refractivity contribution in [2.75, 3.05) is 33.3 Å². The lowest BCUT2D eigenvalue weighted by Gasteiger charge is -2.32. The highest BCUT2D eigenvalue weighted by molar-refractivity contribution is 5.35. The Morgan fingerprint density at radius 1 is 1.14 bits per heavy atom. The standard InChI is InChI=1S/C17H24F2N2O/c1-22-16-6-5-15(18)17(19)14(16)12-20-10-7-13(11-20)21-8-3-2-4-9-21/h5-6,13H,2-4,7-12H2,1H3. The molecule has 0 radical (unpaired) electrons. The predicted octanol–water partition coefficient (Wildman–Crippen LogP) is 3.03. The molecule has 1 atom stereocenters. The number of ether oxygens (including phenoxy) is 1. The van der Waals surface area contributed by atoms with Gasteiger partial charge in [-0.2, -0.15) is 0 Å². The largest absolute Gasteiger partial charge is 0.496 e. The van der Waals surface area contributed by atoms with Gasteiger partial charge in [-0.15, -0.1) is 0 Å². The maximum atomic E-state index is 14.1. The quantitative estimate of drug-likeness (QED) is 0.850. The van der Waals surface area contributed by atoms with Crippen LogP contribution in [-0.2, 0) is 6.54 Å². The SMILES string of the molecule is COc1ccc(F)c(F)c1CN1CCC(N2CCCCC2)C1. The van der Waals surface area contributed by atoms with E-state index >= 15 is 0 Å². The van der Waals surface area contributed by atoms with Crippen LogP contribution in [0.2, 0.25) is 0 Å². The average Bonchev–Trinajstić information content (AvgIpc) is 3.02. The fourth-order valence-electron chi connectivity index (χ4n) is 3.67. The Morgan fingerprint density at radius 3 is 2.64 bits per heavy atom. The molecule has 0 aromatic heterocycles. The molecule has 0 saturated carbocycles. The van der Waals surface area contributed by atoms with Gasteiger partial charge in [-0.3, -0.25) is 9.80 Å². The molecule has 0 bridgehead atoms. The van der Waals surface area contributed by atoms with Gasteiger partial charge in [-0.05, 0) is 44.5 Å². The summed E-state index contributed by atoms with van der Waals surface area (Å²) in [5, 5.41) is 0. The van der Waals surface area contributed by atoms with Crippen molar-refractivity contribution in [3.05, 3.63) is 29.3 Å². The van der Waals surface area contributed by atoms with Gasteiger partial charge >= 0.3 is 0 Å². The van der Waals surface area contributed by atoms with Crippen molar-refractivity contribution < 1.29 is 13.5 Å². The van der Waals surface area contributed by atoms with Crippen LogP contribution in [0.15, 0.2) is 12.1 Å². The molecule has 2 fully saturated rings. The molecule has 1 unspecified atom stereocenters. The fourth-order valence-corrected chi connectivity index (χ4v) is 3.67. The lowest BCUT2D eigenvalue weighted by Crippen LogP contribution is -2.40. The summed E-state index contributed by atoms with van der Waals surface area (Å²) in [4.78, 5) is 4.77. The summed E-state index contributed by atoms with van der Waals surface area (Å²) in [6.45, 7) is 4.63. The predicted molar refractivity (Wildman–Crippen MR) is 82.0 cm³/mol. The van der Waals surface area contributed by atoms with E-state index in [1.54, 1.807) is 0 Å². The summed E-state index contributed by atoms with van der Waals surface area (Å²) >= 11 is 0. The Balaban J connectivity index is 1.66. The number of hydrogen-bond acceptors (Lipinski definition) is 3. The number of benzene rings is 1. The number of nitrogens with zero attached hydrogens (tertiary/aromatic N) is 2. The van der Waals surface area contributed by atoms with Crippen LogP contribution in [0.25, 0.3) is 0 Å². The van der Waals surface area contributed by atoms with E-state index < -0.39 is 11.6 Å². The minimum atomic E-state index is -0.803. The third-order valence-corrected chi connectivity index (χ3v) is 4.91. The van der Waals surface area contributed by atoms with Crippen molar-refractivity contribution in [2.24, 2.45) is 0 Å². The number of methoxy groups -OCH3 is 1. The zero-order valence-corrected chi connectivity index (χ0v) is 13.2. The van der Waals surface area contributed by atoms with Gasteiger partial charge in [0.1, 0.15) is 5.75 Å². The van der Waals surface area contributed by atoms with Gasteiger partial charge in [0.2, 0.25) is 0 Å². The lowest BCUT2D eigenvalue weighted by molar-refractivity contribution is 0.160. The zero-order chi connectivity index (χ0) is 15.5. The number of likely N-dealkylation sites (tertiary alicyclic amines) is 2. The average molecular weight is 310 g/mol. The van der Waals surface area contributed by atoms with Crippen LogP contribution in [0.3, 0.4) is 0 Å². The van der Waals surface area contributed by atoms with Crippen molar-refractivity contribution in [1.29, 1.82) is 0 Å². The van der Waals surface area contributed by atoms with Crippen molar-refractivity contribution in [2.45, 2.75) is 38.3 Å². The van der Waals surface area contributed by atoms with Gasteiger partial charge in [-0.25, -0.2) is 8.78 Å². The van der Waals surface area contributed by atoms with Gasteiger partial charge in [0.25, 0.3) is 0 Å². The van der Waals surface area contributed by atoms with Crippen LogP contribution in [0.1, 0.15) is 31.2 Å². The summed E-state index contributed by atoms with van der Waals surface area (Å²) in [5.74, 6) is -1.15. The number of halogens is 2. The molecule has 22 heavy (non-hydrogen) atoms. The van der Waals surface area contributed by atoms with Gasteiger partial charge in [0.05, 0.1) is 7.11 Å². The van der Waals surface area contributed by atoms with Crippen molar-refractivity contribution >= 4 is 0 Å². The molecule has 1 aromatic rings. The van der Waals surface area contributed by atoms with E-state index in [4.69, 9.17) is 4.74 Å². The van der Waals surface area contributed by atoms with Crippen LogP contribution in [-0.4, -0.2) is 49.1 Å². The third-order valence-electron chi connectivity index (χ3n) is 4.91. The molecule has 2 aliphatic heterocycles. The van der Waals surface area contributed by atoms with E-state index in [1.807, 2.05) is 0 Å². The molecule has 3 rings (SSSR count). The van der Waals surface area contributed by atoms with Crippen molar-refractivity contribution in [3.63, 3.8) is 0 Å². The van der Waals surface area contributed by atoms with Crippen molar-refractivity contribution in [3.8, 4) is 5.75 Å². The second-order valence-corrected chi connectivity index (χ2v) is 6.32. The van der Waals surface area contributed by atoms with Gasteiger partial charge in [-0.1, -0.05) is 6.42 Å². The minimum absolute atomic E-state index is 0.335. The fraction of sp³-hybridized carbons (Fsp3) is 0.647. The highest BCUT2D eigenvalue weighted by Crippen LogP contribution is 2.28. The number of rotatable bonds is 4. The topological polar surface area (TPSA) is 15.7 Å². The maximum absolute atomic E-state index is 14.1. The Labute approximate surface area is 130 Å². The second kappa shape index (κ2) is 6.92. The van der Waals surface area contributed by atoms with E-state index in [9.17, 15) is 8.78 Å². The molecule has 3 nitrogen and oxygen atoms in total. The zero-order valence-electron chi connectivity index (χ0n) is 13.2. The van der Waals surface area contributed by atoms with Crippen molar-refractivity contribution in [1.82, 2.24) is 9.80 Å². The first-order chi connectivity index (χ1) is 10.7. The molecule has 0 amide bonds. The molecule has 2 heterocycles. The van der Waals surface area contributed by atoms with E-state index in [0.29, 0.717) is 23.9 Å². The van der Waals surface area contributed by atoms with Gasteiger partial charge in [0.15, 0.2) is 11.6 Å². The van der Waals surface area contributed by atoms with Crippen LogP contribution in [0.4, 0.5) is 8.78 Å². The van der Waals surface area contributed by atoms with Gasteiger partial charge in [0, 0.05) is 31.2 Å². The van der Waals surface area contributed by atoms with Crippen LogP contribution in [0, 0.1) is 11.6 Å². The van der Waals surface area contributed by atoms with Crippen LogP contribution >= 0.6 is 0 Å². The summed E-state index contributed by atoms with van der Waals surface area (Å²) in [5.41, 5.74) is 0.335. The first-order valence-corrected chi connectivity index (χ1v) is 8.16. The normalized spacial score (nSPS) is 23.9. The second-order valence-electron chi connectivity index (χ2n) is 6.32.